The smallest absolute Gasteiger partial charge is 0.320 e. The maximum atomic E-state index is 11.0. The van der Waals surface area contributed by atoms with E-state index < -0.39 is 5.97 Å². The van der Waals surface area contributed by atoms with Gasteiger partial charge in [0, 0.05) is 12.3 Å². The van der Waals surface area contributed by atoms with Crippen LogP contribution in [0.25, 0.3) is 0 Å². The van der Waals surface area contributed by atoms with Crippen LogP contribution in [0.2, 0.25) is 0 Å². The van der Waals surface area contributed by atoms with Crippen LogP contribution in [0.15, 0.2) is 0 Å². The second-order valence-electron chi connectivity index (χ2n) is 3.75. The maximum absolute atomic E-state index is 11.0. The van der Waals surface area contributed by atoms with Crippen LogP contribution in [0.4, 0.5) is 0 Å². The highest BCUT2D eigenvalue weighted by atomic mass is 33.1. The predicted molar refractivity (Wildman–Crippen MR) is 60.4 cm³/mol. The number of hydrogen-bond acceptors (Lipinski definition) is 4. The first-order valence-corrected chi connectivity index (χ1v) is 7.44. The van der Waals surface area contributed by atoms with E-state index >= 15 is 0 Å². The van der Waals surface area contributed by atoms with Crippen LogP contribution in [0.3, 0.4) is 0 Å². The first-order valence-electron chi connectivity index (χ1n) is 5.06. The molecule has 0 aromatic carbocycles. The highest BCUT2D eigenvalue weighted by Crippen LogP contribution is 2.40. The summed E-state index contributed by atoms with van der Waals surface area (Å²) >= 11 is 0. The molecule has 2 rings (SSSR count). The largest absolute Gasteiger partial charge is 0.480 e. The highest BCUT2D eigenvalue weighted by molar-refractivity contribution is 8.77. The van der Waals surface area contributed by atoms with E-state index in [-0.39, 0.29) is 6.04 Å². The number of likely N-dealkylation sites (tertiary alicyclic amines) is 1. The molecule has 0 amide bonds. The molecular formula is C9H15NO2S2. The summed E-state index contributed by atoms with van der Waals surface area (Å²) in [7, 11) is 3.75. The van der Waals surface area contributed by atoms with E-state index in [4.69, 9.17) is 5.11 Å². The molecule has 2 heterocycles. The van der Waals surface area contributed by atoms with Crippen LogP contribution in [0, 0.1) is 0 Å². The van der Waals surface area contributed by atoms with Crippen LogP contribution >= 0.6 is 21.6 Å². The Morgan fingerprint density at radius 2 is 2.21 bits per heavy atom. The van der Waals surface area contributed by atoms with Gasteiger partial charge in [-0.2, -0.15) is 0 Å². The lowest BCUT2D eigenvalue weighted by atomic mass is 10.2. The van der Waals surface area contributed by atoms with E-state index in [1.807, 2.05) is 21.6 Å². The second kappa shape index (κ2) is 4.77. The van der Waals surface area contributed by atoms with Gasteiger partial charge in [0.05, 0.1) is 5.37 Å². The summed E-state index contributed by atoms with van der Waals surface area (Å²) < 4.78 is 0. The Hall–Kier alpha value is 0.130. The van der Waals surface area contributed by atoms with Crippen molar-refractivity contribution in [2.75, 3.05) is 12.3 Å². The summed E-state index contributed by atoms with van der Waals surface area (Å²) in [5.41, 5.74) is 0. The van der Waals surface area contributed by atoms with Crippen LogP contribution in [-0.4, -0.2) is 39.7 Å². The van der Waals surface area contributed by atoms with Gasteiger partial charge >= 0.3 is 5.97 Å². The standard InChI is InChI=1S/C9H15NO2S2/c11-9(12)7-3-1-5-10(7)8-4-2-6-13-14-8/h7-8H,1-6H2,(H,11,12)/t7-,8?/m0/s1. The molecule has 0 radical (unpaired) electrons. The average Bonchev–Trinajstić information content (AvgIpc) is 2.67. The minimum atomic E-state index is -0.640. The lowest BCUT2D eigenvalue weighted by molar-refractivity contribution is -0.142. The van der Waals surface area contributed by atoms with E-state index in [1.54, 1.807) is 0 Å². The van der Waals surface area contributed by atoms with Gasteiger partial charge in [-0.1, -0.05) is 21.6 Å². The molecule has 2 aliphatic rings. The minimum Gasteiger partial charge on any atom is -0.480 e. The molecule has 3 nitrogen and oxygen atoms in total. The van der Waals surface area contributed by atoms with Gasteiger partial charge in [-0.3, -0.25) is 9.69 Å². The molecule has 14 heavy (non-hydrogen) atoms. The summed E-state index contributed by atoms with van der Waals surface area (Å²) in [5, 5.41) is 9.50. The molecule has 1 N–H and O–H groups in total. The fourth-order valence-corrected chi connectivity index (χ4v) is 5.01. The molecule has 0 aliphatic carbocycles. The van der Waals surface area contributed by atoms with Crippen LogP contribution in [0.1, 0.15) is 25.7 Å². The van der Waals surface area contributed by atoms with Gasteiger partial charge in [0.15, 0.2) is 0 Å². The van der Waals surface area contributed by atoms with Gasteiger partial charge < -0.3 is 5.11 Å². The van der Waals surface area contributed by atoms with Crippen molar-refractivity contribution in [3.05, 3.63) is 0 Å². The highest BCUT2D eigenvalue weighted by Gasteiger charge is 2.36. The van der Waals surface area contributed by atoms with Gasteiger partial charge in [0.1, 0.15) is 6.04 Å². The zero-order valence-corrected chi connectivity index (χ0v) is 9.65. The topological polar surface area (TPSA) is 40.5 Å². The SMILES string of the molecule is O=C(O)[C@@H]1CCCN1C1CCCSS1. The Balaban J connectivity index is 1.97. The van der Waals surface area contributed by atoms with Crippen LogP contribution in [0.5, 0.6) is 0 Å². The Kier molecular flexibility index (Phi) is 3.62. The second-order valence-corrected chi connectivity index (χ2v) is 6.41. The maximum Gasteiger partial charge on any atom is 0.320 e. The zero-order valence-electron chi connectivity index (χ0n) is 8.02. The number of carbonyl (C=O) groups is 1. The Bertz CT molecular complexity index is 219. The molecule has 2 fully saturated rings. The fourth-order valence-electron chi connectivity index (χ4n) is 2.11. The van der Waals surface area contributed by atoms with Gasteiger partial charge in [0.2, 0.25) is 0 Å². The molecule has 0 spiro atoms. The van der Waals surface area contributed by atoms with E-state index in [1.165, 1.54) is 12.2 Å². The fraction of sp³-hybridized carbons (Fsp3) is 0.889. The summed E-state index contributed by atoms with van der Waals surface area (Å²) in [5.74, 6) is 0.575. The number of carboxylic acids is 1. The third-order valence-corrected chi connectivity index (χ3v) is 5.70. The van der Waals surface area contributed by atoms with Crippen molar-refractivity contribution in [3.8, 4) is 0 Å². The molecule has 0 aromatic rings. The molecular weight excluding hydrogens is 218 g/mol. The average molecular weight is 233 g/mol. The molecule has 5 heteroatoms. The third-order valence-electron chi connectivity index (χ3n) is 2.81. The molecule has 80 valence electrons. The van der Waals surface area contributed by atoms with Crippen molar-refractivity contribution in [2.45, 2.75) is 37.1 Å². The lowest BCUT2D eigenvalue weighted by Gasteiger charge is -2.32. The molecule has 0 saturated carbocycles. The summed E-state index contributed by atoms with van der Waals surface area (Å²) in [6.45, 7) is 0.967. The normalized spacial score (nSPS) is 34.6. The lowest BCUT2D eigenvalue weighted by Crippen LogP contribution is -2.42. The number of aliphatic carboxylic acids is 1. The van der Waals surface area contributed by atoms with Crippen LogP contribution in [-0.2, 0) is 4.79 Å². The predicted octanol–water partition coefficient (Wildman–Crippen LogP) is 2.04. The monoisotopic (exact) mass is 233 g/mol. The van der Waals surface area contributed by atoms with Crippen molar-refractivity contribution in [2.24, 2.45) is 0 Å². The number of hydrogen-bond donors (Lipinski definition) is 1. The van der Waals surface area contributed by atoms with Gasteiger partial charge in [0.25, 0.3) is 0 Å². The zero-order chi connectivity index (χ0) is 9.97. The van der Waals surface area contributed by atoms with Crippen molar-refractivity contribution in [3.63, 3.8) is 0 Å². The van der Waals surface area contributed by atoms with Crippen molar-refractivity contribution < 1.29 is 9.90 Å². The first-order chi connectivity index (χ1) is 6.79. The van der Waals surface area contributed by atoms with Crippen molar-refractivity contribution in [1.82, 2.24) is 4.90 Å². The van der Waals surface area contributed by atoms with E-state index in [9.17, 15) is 4.79 Å². The number of rotatable bonds is 2. The summed E-state index contributed by atoms with van der Waals surface area (Å²) in [6.07, 6.45) is 4.25. The van der Waals surface area contributed by atoms with Gasteiger partial charge in [-0.05, 0) is 25.7 Å². The van der Waals surface area contributed by atoms with E-state index in [0.717, 1.165) is 25.8 Å². The number of carboxylic acid groups (broad SMARTS) is 1. The van der Waals surface area contributed by atoms with Crippen LogP contribution < -0.4 is 0 Å². The van der Waals surface area contributed by atoms with E-state index in [2.05, 4.69) is 4.90 Å². The minimum absolute atomic E-state index is 0.216. The van der Waals surface area contributed by atoms with E-state index in [0.29, 0.717) is 5.37 Å². The summed E-state index contributed by atoms with van der Waals surface area (Å²) in [4.78, 5) is 13.2. The van der Waals surface area contributed by atoms with Crippen molar-refractivity contribution in [1.29, 1.82) is 0 Å². The molecule has 0 bridgehead atoms. The number of nitrogens with zero attached hydrogens (tertiary/aromatic N) is 1. The van der Waals surface area contributed by atoms with Crippen molar-refractivity contribution >= 4 is 27.6 Å². The van der Waals surface area contributed by atoms with Gasteiger partial charge in [-0.25, -0.2) is 0 Å². The summed E-state index contributed by atoms with van der Waals surface area (Å²) in [6, 6.07) is -0.216. The quantitative estimate of drug-likeness (QED) is 0.739. The first kappa shape index (κ1) is 10.6. The van der Waals surface area contributed by atoms with Gasteiger partial charge in [-0.15, -0.1) is 0 Å². The Morgan fingerprint density at radius 1 is 1.36 bits per heavy atom. The Morgan fingerprint density at radius 3 is 2.86 bits per heavy atom. The molecule has 1 unspecified atom stereocenters. The Labute approximate surface area is 92.0 Å². The molecule has 0 aromatic heterocycles. The molecule has 2 saturated heterocycles. The molecule has 2 aliphatic heterocycles. The third kappa shape index (κ3) is 2.20. The molecule has 2 atom stereocenters.